The number of aromatic nitrogens is 2. The Bertz CT molecular complexity index is 629. The highest BCUT2D eigenvalue weighted by Gasteiger charge is 2.06. The summed E-state index contributed by atoms with van der Waals surface area (Å²) >= 11 is 0. The Morgan fingerprint density at radius 1 is 1.22 bits per heavy atom. The van der Waals surface area contributed by atoms with Gasteiger partial charge in [0.1, 0.15) is 11.6 Å². The van der Waals surface area contributed by atoms with Gasteiger partial charge < -0.3 is 0 Å². The van der Waals surface area contributed by atoms with Crippen molar-refractivity contribution >= 4 is 0 Å². The Morgan fingerprint density at radius 2 is 2.00 bits per heavy atom. The molecule has 0 saturated carbocycles. The van der Waals surface area contributed by atoms with Crippen LogP contribution in [-0.2, 0) is 6.42 Å². The minimum Gasteiger partial charge on any atom is -0.237 e. The van der Waals surface area contributed by atoms with Gasteiger partial charge in [-0.25, -0.2) is 14.4 Å². The second kappa shape index (κ2) is 4.92. The van der Waals surface area contributed by atoms with Gasteiger partial charge in [-0.1, -0.05) is 0 Å². The van der Waals surface area contributed by atoms with Crippen molar-refractivity contribution in [3.8, 4) is 17.3 Å². The predicted octanol–water partition coefficient (Wildman–Crippen LogP) is 2.97. The van der Waals surface area contributed by atoms with Gasteiger partial charge in [0.15, 0.2) is 0 Å². The van der Waals surface area contributed by atoms with Gasteiger partial charge in [0.25, 0.3) is 0 Å². The molecule has 1 heterocycles. The molecule has 0 spiro atoms. The first-order valence-corrected chi connectivity index (χ1v) is 5.58. The summed E-state index contributed by atoms with van der Waals surface area (Å²) in [5.74, 6) is 0.260. The van der Waals surface area contributed by atoms with E-state index in [-0.39, 0.29) is 12.2 Å². The van der Waals surface area contributed by atoms with Crippen molar-refractivity contribution in [1.82, 2.24) is 9.97 Å². The molecule has 0 radical (unpaired) electrons. The molecule has 1 aromatic carbocycles. The minimum absolute atomic E-state index is 0.175. The van der Waals surface area contributed by atoms with Gasteiger partial charge in [0.2, 0.25) is 0 Å². The average Bonchev–Trinajstić information content (AvgIpc) is 2.32. The van der Waals surface area contributed by atoms with Gasteiger partial charge in [-0.15, -0.1) is 0 Å². The van der Waals surface area contributed by atoms with Crippen molar-refractivity contribution in [3.63, 3.8) is 0 Å². The van der Waals surface area contributed by atoms with Crippen LogP contribution in [0.3, 0.4) is 0 Å². The van der Waals surface area contributed by atoms with Gasteiger partial charge in [-0.3, -0.25) is 0 Å². The number of nitriles is 1. The van der Waals surface area contributed by atoms with Crippen molar-refractivity contribution in [2.45, 2.75) is 20.3 Å². The van der Waals surface area contributed by atoms with E-state index in [2.05, 4.69) is 9.97 Å². The van der Waals surface area contributed by atoms with E-state index in [9.17, 15) is 4.39 Å². The highest BCUT2D eigenvalue weighted by atomic mass is 19.1. The lowest BCUT2D eigenvalue weighted by molar-refractivity contribution is 0.619. The Morgan fingerprint density at radius 3 is 2.67 bits per heavy atom. The van der Waals surface area contributed by atoms with Crippen molar-refractivity contribution in [1.29, 1.82) is 5.26 Å². The largest absolute Gasteiger partial charge is 0.237 e. The number of rotatable bonds is 2. The Balaban J connectivity index is 2.50. The Labute approximate surface area is 105 Å². The van der Waals surface area contributed by atoms with E-state index in [1.54, 1.807) is 19.1 Å². The summed E-state index contributed by atoms with van der Waals surface area (Å²) in [7, 11) is 0. The summed E-state index contributed by atoms with van der Waals surface area (Å²) in [6.45, 7) is 3.56. The summed E-state index contributed by atoms with van der Waals surface area (Å²) in [6, 6.07) is 8.70. The van der Waals surface area contributed by atoms with E-state index in [0.29, 0.717) is 11.4 Å². The van der Waals surface area contributed by atoms with E-state index in [0.717, 1.165) is 17.0 Å². The first-order chi connectivity index (χ1) is 8.60. The third-order valence-corrected chi connectivity index (χ3v) is 2.59. The fraction of sp³-hybridized carbons (Fsp3) is 0.214. The fourth-order valence-electron chi connectivity index (χ4n) is 1.73. The van der Waals surface area contributed by atoms with Gasteiger partial charge in [-0.05, 0) is 43.7 Å². The normalized spacial score (nSPS) is 10.1. The van der Waals surface area contributed by atoms with Crippen LogP contribution in [0.5, 0.6) is 0 Å². The zero-order chi connectivity index (χ0) is 13.1. The fourth-order valence-corrected chi connectivity index (χ4v) is 1.73. The molecule has 2 rings (SSSR count). The lowest BCUT2D eigenvalue weighted by Crippen LogP contribution is -1.98. The van der Waals surface area contributed by atoms with E-state index >= 15 is 0 Å². The molecule has 0 atom stereocenters. The van der Waals surface area contributed by atoms with Crippen LogP contribution in [0.25, 0.3) is 11.3 Å². The molecule has 0 bridgehead atoms. The molecule has 18 heavy (non-hydrogen) atoms. The molecule has 0 saturated heterocycles. The first-order valence-electron chi connectivity index (χ1n) is 5.58. The molecular weight excluding hydrogens is 229 g/mol. The second-order valence-electron chi connectivity index (χ2n) is 4.11. The van der Waals surface area contributed by atoms with Crippen LogP contribution in [0.4, 0.5) is 4.39 Å². The third-order valence-electron chi connectivity index (χ3n) is 2.59. The highest BCUT2D eigenvalue weighted by Crippen LogP contribution is 2.20. The van der Waals surface area contributed by atoms with Gasteiger partial charge in [0.05, 0.1) is 18.2 Å². The maximum Gasteiger partial charge on any atom is 0.143 e. The van der Waals surface area contributed by atoms with Crippen LogP contribution in [0.2, 0.25) is 0 Å². The molecule has 0 N–H and O–H groups in total. The molecule has 0 amide bonds. The third kappa shape index (κ3) is 2.51. The molecule has 0 fully saturated rings. The van der Waals surface area contributed by atoms with Crippen molar-refractivity contribution in [3.05, 3.63) is 47.2 Å². The smallest absolute Gasteiger partial charge is 0.143 e. The van der Waals surface area contributed by atoms with Crippen LogP contribution in [0.1, 0.15) is 17.1 Å². The van der Waals surface area contributed by atoms with E-state index < -0.39 is 0 Å². The second-order valence-corrected chi connectivity index (χ2v) is 4.11. The summed E-state index contributed by atoms with van der Waals surface area (Å²) in [6.07, 6.45) is 0.175. The van der Waals surface area contributed by atoms with E-state index in [4.69, 9.17) is 5.26 Å². The molecule has 0 aliphatic heterocycles. The molecule has 4 heteroatoms. The lowest BCUT2D eigenvalue weighted by atomic mass is 10.1. The number of hydrogen-bond acceptors (Lipinski definition) is 3. The SMILES string of the molecule is Cc1cc(-c2ccc(F)c(C)c2)nc(CC#N)n1. The topological polar surface area (TPSA) is 49.6 Å². The summed E-state index contributed by atoms with van der Waals surface area (Å²) in [5.41, 5.74) is 2.92. The molecule has 1 aromatic heterocycles. The van der Waals surface area contributed by atoms with Gasteiger partial charge in [0, 0.05) is 11.3 Å². The minimum atomic E-state index is -0.234. The quantitative estimate of drug-likeness (QED) is 0.812. The van der Waals surface area contributed by atoms with Crippen LogP contribution in [0.15, 0.2) is 24.3 Å². The highest BCUT2D eigenvalue weighted by molar-refractivity contribution is 5.60. The number of hydrogen-bond donors (Lipinski definition) is 0. The first kappa shape index (κ1) is 12.2. The molecular formula is C14H12FN3. The van der Waals surface area contributed by atoms with Gasteiger partial charge >= 0.3 is 0 Å². The zero-order valence-corrected chi connectivity index (χ0v) is 10.2. The summed E-state index contributed by atoms with van der Waals surface area (Å²) in [5, 5.41) is 8.67. The number of nitrogens with zero attached hydrogens (tertiary/aromatic N) is 3. The molecule has 0 aliphatic carbocycles. The lowest BCUT2D eigenvalue weighted by Gasteiger charge is -2.05. The van der Waals surface area contributed by atoms with Crippen molar-refractivity contribution < 1.29 is 4.39 Å². The van der Waals surface area contributed by atoms with Crippen LogP contribution >= 0.6 is 0 Å². The van der Waals surface area contributed by atoms with Gasteiger partial charge in [-0.2, -0.15) is 5.26 Å². The maximum absolute atomic E-state index is 13.2. The maximum atomic E-state index is 13.2. The molecule has 3 nitrogen and oxygen atoms in total. The molecule has 2 aromatic rings. The predicted molar refractivity (Wildman–Crippen MR) is 66.2 cm³/mol. The van der Waals surface area contributed by atoms with E-state index in [1.807, 2.05) is 19.1 Å². The number of benzene rings is 1. The van der Waals surface area contributed by atoms with E-state index in [1.165, 1.54) is 6.07 Å². The monoisotopic (exact) mass is 241 g/mol. The zero-order valence-electron chi connectivity index (χ0n) is 10.2. The van der Waals surface area contributed by atoms with Crippen molar-refractivity contribution in [2.75, 3.05) is 0 Å². The average molecular weight is 241 g/mol. The molecule has 0 unspecified atom stereocenters. The molecule has 0 aliphatic rings. The van der Waals surface area contributed by atoms with Crippen LogP contribution in [-0.4, -0.2) is 9.97 Å². The Kier molecular flexibility index (Phi) is 3.33. The van der Waals surface area contributed by atoms with Crippen LogP contribution < -0.4 is 0 Å². The van der Waals surface area contributed by atoms with Crippen LogP contribution in [0, 0.1) is 31.0 Å². The number of aryl methyl sites for hydroxylation is 2. The van der Waals surface area contributed by atoms with Crippen molar-refractivity contribution in [2.24, 2.45) is 0 Å². The summed E-state index contributed by atoms with van der Waals surface area (Å²) in [4.78, 5) is 8.49. The molecule has 90 valence electrons. The Hall–Kier alpha value is -2.28. The number of halogens is 1. The standard InChI is InChI=1S/C14H12FN3/c1-9-7-11(3-4-12(9)15)13-8-10(2)17-14(18-13)5-6-16/h3-4,7-8H,5H2,1-2H3. The summed E-state index contributed by atoms with van der Waals surface area (Å²) < 4.78 is 13.2.